The quantitative estimate of drug-likeness (QED) is 0.793. The van der Waals surface area contributed by atoms with E-state index < -0.39 is 17.9 Å². The van der Waals surface area contributed by atoms with Gasteiger partial charge in [-0.25, -0.2) is 0 Å². The zero-order valence-corrected chi connectivity index (χ0v) is 11.4. The average molecular weight is 256 g/mol. The van der Waals surface area contributed by atoms with Crippen LogP contribution in [0.5, 0.6) is 0 Å². The van der Waals surface area contributed by atoms with Crippen molar-refractivity contribution in [2.24, 2.45) is 29.6 Å². The van der Waals surface area contributed by atoms with E-state index in [1.54, 1.807) is 0 Å². The lowest BCUT2D eigenvalue weighted by molar-refractivity contribution is -0.152. The zero-order valence-electron chi connectivity index (χ0n) is 11.4. The third-order valence-electron chi connectivity index (χ3n) is 4.30. The predicted octanol–water partition coefficient (Wildman–Crippen LogP) is 2.87. The first kappa shape index (κ1) is 15.0. The number of carboxylic acid groups (broad SMARTS) is 2. The largest absolute Gasteiger partial charge is 0.481 e. The molecule has 1 saturated carbocycles. The molecular weight excluding hydrogens is 232 g/mol. The van der Waals surface area contributed by atoms with Gasteiger partial charge in [0, 0.05) is 0 Å². The molecule has 0 bridgehead atoms. The summed E-state index contributed by atoms with van der Waals surface area (Å²) in [6.07, 6.45) is 2.73. The molecule has 0 saturated heterocycles. The van der Waals surface area contributed by atoms with Crippen molar-refractivity contribution in [3.05, 3.63) is 0 Å². The van der Waals surface area contributed by atoms with Crippen molar-refractivity contribution in [1.29, 1.82) is 0 Å². The average Bonchev–Trinajstić information content (AvgIpc) is 2.24. The van der Waals surface area contributed by atoms with Crippen molar-refractivity contribution < 1.29 is 19.8 Å². The van der Waals surface area contributed by atoms with Gasteiger partial charge in [0.2, 0.25) is 0 Å². The van der Waals surface area contributed by atoms with E-state index in [0.717, 1.165) is 19.3 Å². The molecule has 1 aliphatic carbocycles. The van der Waals surface area contributed by atoms with Crippen LogP contribution in [0.1, 0.15) is 46.5 Å². The maximum atomic E-state index is 11.3. The first-order chi connectivity index (χ1) is 8.32. The Kier molecular flexibility index (Phi) is 5.17. The molecule has 4 atom stereocenters. The Labute approximate surface area is 108 Å². The maximum absolute atomic E-state index is 11.3. The van der Waals surface area contributed by atoms with Crippen LogP contribution in [0.15, 0.2) is 0 Å². The number of carbonyl (C=O) groups is 2. The molecule has 0 heterocycles. The van der Waals surface area contributed by atoms with Crippen LogP contribution in [0.25, 0.3) is 0 Å². The minimum atomic E-state index is -1.01. The molecule has 104 valence electrons. The van der Waals surface area contributed by atoms with Crippen molar-refractivity contribution in [3.63, 3.8) is 0 Å². The van der Waals surface area contributed by atoms with Gasteiger partial charge in [0.1, 0.15) is 0 Å². The molecule has 4 nitrogen and oxygen atoms in total. The highest BCUT2D eigenvalue weighted by atomic mass is 16.4. The van der Waals surface area contributed by atoms with E-state index in [9.17, 15) is 14.7 Å². The smallest absolute Gasteiger partial charge is 0.307 e. The number of aliphatic carboxylic acids is 2. The summed E-state index contributed by atoms with van der Waals surface area (Å²) in [5.41, 5.74) is 0. The van der Waals surface area contributed by atoms with Crippen molar-refractivity contribution in [3.8, 4) is 0 Å². The Hall–Kier alpha value is -1.06. The monoisotopic (exact) mass is 256 g/mol. The van der Waals surface area contributed by atoms with E-state index in [-0.39, 0.29) is 12.3 Å². The summed E-state index contributed by atoms with van der Waals surface area (Å²) in [5.74, 6) is -1.45. The summed E-state index contributed by atoms with van der Waals surface area (Å²) in [7, 11) is 0. The van der Waals surface area contributed by atoms with E-state index in [1.807, 2.05) is 0 Å². The van der Waals surface area contributed by atoms with Crippen LogP contribution in [0.3, 0.4) is 0 Å². The first-order valence-corrected chi connectivity index (χ1v) is 6.77. The molecule has 0 amide bonds. The Morgan fingerprint density at radius 2 is 1.78 bits per heavy atom. The van der Waals surface area contributed by atoms with Gasteiger partial charge < -0.3 is 10.2 Å². The standard InChI is InChI=1S/C14H24O4/c1-8(2)10-5-4-9(3)6-11(10)12(14(17)18)7-13(15)16/h8-12H,4-7H2,1-3H3,(H,15,16)(H,17,18)/t9-,10+,11-,12?/m0/s1. The van der Waals surface area contributed by atoms with Crippen LogP contribution in [-0.2, 0) is 9.59 Å². The molecule has 0 aliphatic heterocycles. The molecule has 2 N–H and O–H groups in total. The minimum absolute atomic E-state index is 0.00218. The van der Waals surface area contributed by atoms with E-state index in [4.69, 9.17) is 5.11 Å². The molecule has 0 aromatic rings. The Morgan fingerprint density at radius 3 is 2.22 bits per heavy atom. The van der Waals surface area contributed by atoms with Gasteiger partial charge in [-0.3, -0.25) is 9.59 Å². The molecular formula is C14H24O4. The second kappa shape index (κ2) is 6.21. The molecule has 1 fully saturated rings. The molecule has 4 heteroatoms. The summed E-state index contributed by atoms with van der Waals surface area (Å²) in [6.45, 7) is 6.34. The molecule has 0 radical (unpaired) electrons. The van der Waals surface area contributed by atoms with Crippen LogP contribution in [0, 0.1) is 29.6 Å². The first-order valence-electron chi connectivity index (χ1n) is 6.77. The minimum Gasteiger partial charge on any atom is -0.481 e. The summed E-state index contributed by atoms with van der Waals surface area (Å²) in [4.78, 5) is 22.2. The highest BCUT2D eigenvalue weighted by Crippen LogP contribution is 2.42. The van der Waals surface area contributed by atoms with Gasteiger partial charge in [0.05, 0.1) is 12.3 Å². The fourth-order valence-electron chi connectivity index (χ4n) is 3.35. The van der Waals surface area contributed by atoms with Crippen molar-refractivity contribution in [2.75, 3.05) is 0 Å². The molecule has 0 aromatic heterocycles. The van der Waals surface area contributed by atoms with E-state index in [1.165, 1.54) is 0 Å². The fraction of sp³-hybridized carbons (Fsp3) is 0.857. The summed E-state index contributed by atoms with van der Waals surface area (Å²) in [6, 6.07) is 0. The normalized spacial score (nSPS) is 30.1. The lowest BCUT2D eigenvalue weighted by Crippen LogP contribution is -2.37. The number of carboxylic acids is 2. The molecule has 18 heavy (non-hydrogen) atoms. The van der Waals surface area contributed by atoms with Gasteiger partial charge in [-0.05, 0) is 36.5 Å². The molecule has 0 spiro atoms. The van der Waals surface area contributed by atoms with Gasteiger partial charge >= 0.3 is 11.9 Å². The molecule has 1 aliphatic rings. The van der Waals surface area contributed by atoms with Crippen molar-refractivity contribution in [2.45, 2.75) is 46.5 Å². The second-order valence-corrected chi connectivity index (χ2v) is 6.03. The third-order valence-corrected chi connectivity index (χ3v) is 4.30. The summed E-state index contributed by atoms with van der Waals surface area (Å²) < 4.78 is 0. The molecule has 1 rings (SSSR count). The summed E-state index contributed by atoms with van der Waals surface area (Å²) in [5, 5.41) is 18.2. The highest BCUT2D eigenvalue weighted by Gasteiger charge is 2.39. The Balaban J connectivity index is 2.89. The van der Waals surface area contributed by atoms with E-state index in [2.05, 4.69) is 20.8 Å². The van der Waals surface area contributed by atoms with E-state index >= 15 is 0 Å². The van der Waals surface area contributed by atoms with Gasteiger partial charge in [-0.1, -0.05) is 27.2 Å². The second-order valence-electron chi connectivity index (χ2n) is 6.03. The number of rotatable bonds is 5. The van der Waals surface area contributed by atoms with E-state index in [0.29, 0.717) is 17.8 Å². The predicted molar refractivity (Wildman–Crippen MR) is 68.2 cm³/mol. The SMILES string of the molecule is CC(C)[C@H]1CC[C@H](C)C[C@@H]1C(CC(=O)O)C(=O)O. The van der Waals surface area contributed by atoms with Gasteiger partial charge in [0.25, 0.3) is 0 Å². The topological polar surface area (TPSA) is 74.6 Å². The van der Waals surface area contributed by atoms with Crippen LogP contribution in [0.2, 0.25) is 0 Å². The number of hydrogen-bond donors (Lipinski definition) is 2. The van der Waals surface area contributed by atoms with Crippen molar-refractivity contribution in [1.82, 2.24) is 0 Å². The van der Waals surface area contributed by atoms with Crippen LogP contribution >= 0.6 is 0 Å². The number of hydrogen-bond acceptors (Lipinski definition) is 2. The Bertz CT molecular complexity index is 311. The fourth-order valence-corrected chi connectivity index (χ4v) is 3.35. The molecule has 0 aromatic carbocycles. The lowest BCUT2D eigenvalue weighted by atomic mass is 9.65. The molecule has 1 unspecified atom stereocenters. The van der Waals surface area contributed by atoms with Gasteiger partial charge in [0.15, 0.2) is 0 Å². The zero-order chi connectivity index (χ0) is 13.9. The Morgan fingerprint density at radius 1 is 1.17 bits per heavy atom. The van der Waals surface area contributed by atoms with Crippen LogP contribution in [0.4, 0.5) is 0 Å². The van der Waals surface area contributed by atoms with Crippen LogP contribution < -0.4 is 0 Å². The third kappa shape index (κ3) is 3.72. The van der Waals surface area contributed by atoms with Crippen LogP contribution in [-0.4, -0.2) is 22.2 Å². The van der Waals surface area contributed by atoms with Gasteiger partial charge in [-0.2, -0.15) is 0 Å². The maximum Gasteiger partial charge on any atom is 0.307 e. The van der Waals surface area contributed by atoms with Gasteiger partial charge in [-0.15, -0.1) is 0 Å². The lowest BCUT2D eigenvalue weighted by Gasteiger charge is -2.40. The summed E-state index contributed by atoms with van der Waals surface area (Å²) >= 11 is 0. The highest BCUT2D eigenvalue weighted by molar-refractivity contribution is 5.78. The van der Waals surface area contributed by atoms with Crippen molar-refractivity contribution >= 4 is 11.9 Å².